The van der Waals surface area contributed by atoms with Crippen LogP contribution in [0.4, 0.5) is 6.01 Å². The summed E-state index contributed by atoms with van der Waals surface area (Å²) in [5.41, 5.74) is 3.48. The highest BCUT2D eigenvalue weighted by Gasteiger charge is 2.04. The summed E-state index contributed by atoms with van der Waals surface area (Å²) in [6.45, 7) is 2.51. The van der Waals surface area contributed by atoms with E-state index in [4.69, 9.17) is 15.0 Å². The molecule has 0 amide bonds. The number of hydrogen-bond acceptors (Lipinski definition) is 6. The molecule has 0 spiro atoms. The number of hydrazine groups is 1. The van der Waals surface area contributed by atoms with Gasteiger partial charge in [-0.25, -0.2) is 5.84 Å². The SMILES string of the molecule is Cc1ccc(OCCc2nnc(NN)o2)cc1. The standard InChI is InChI=1S/C11H14N4O2/c1-8-2-4-9(5-3-8)16-7-6-10-14-15-11(13-12)17-10/h2-5H,6-7,12H2,1H3,(H,13,15). The molecule has 3 N–H and O–H groups in total. The third-order valence-electron chi connectivity index (χ3n) is 2.20. The quantitative estimate of drug-likeness (QED) is 0.598. The van der Waals surface area contributed by atoms with Gasteiger partial charge in [0.15, 0.2) is 0 Å². The van der Waals surface area contributed by atoms with E-state index in [-0.39, 0.29) is 6.01 Å². The van der Waals surface area contributed by atoms with Crippen LogP contribution in [0.1, 0.15) is 11.5 Å². The first kappa shape index (κ1) is 11.4. The first-order valence-electron chi connectivity index (χ1n) is 5.26. The van der Waals surface area contributed by atoms with Gasteiger partial charge < -0.3 is 9.15 Å². The first-order valence-corrected chi connectivity index (χ1v) is 5.26. The van der Waals surface area contributed by atoms with Gasteiger partial charge in [-0.05, 0) is 19.1 Å². The number of hydrogen-bond donors (Lipinski definition) is 2. The van der Waals surface area contributed by atoms with E-state index in [0.29, 0.717) is 18.9 Å². The van der Waals surface area contributed by atoms with Crippen LogP contribution in [0.25, 0.3) is 0 Å². The first-order chi connectivity index (χ1) is 8.28. The lowest BCUT2D eigenvalue weighted by atomic mass is 10.2. The number of aromatic nitrogens is 2. The van der Waals surface area contributed by atoms with Crippen molar-refractivity contribution < 1.29 is 9.15 Å². The van der Waals surface area contributed by atoms with E-state index >= 15 is 0 Å². The Bertz CT molecular complexity index is 467. The number of nitrogen functional groups attached to an aromatic ring is 1. The van der Waals surface area contributed by atoms with E-state index in [1.807, 2.05) is 31.2 Å². The molecule has 0 saturated heterocycles. The molecular formula is C11H14N4O2. The summed E-state index contributed by atoms with van der Waals surface area (Å²) >= 11 is 0. The highest BCUT2D eigenvalue weighted by atomic mass is 16.5. The number of benzene rings is 1. The van der Waals surface area contributed by atoms with Crippen molar-refractivity contribution in [1.29, 1.82) is 0 Å². The summed E-state index contributed by atoms with van der Waals surface area (Å²) < 4.78 is 10.7. The number of nitrogens with two attached hydrogens (primary N) is 1. The highest BCUT2D eigenvalue weighted by Crippen LogP contribution is 2.12. The van der Waals surface area contributed by atoms with Crippen molar-refractivity contribution in [3.8, 4) is 5.75 Å². The summed E-state index contributed by atoms with van der Waals surface area (Å²) in [6.07, 6.45) is 0.544. The van der Waals surface area contributed by atoms with Gasteiger partial charge in [0.05, 0.1) is 13.0 Å². The van der Waals surface area contributed by atoms with Crippen molar-refractivity contribution in [1.82, 2.24) is 10.2 Å². The van der Waals surface area contributed by atoms with Gasteiger partial charge in [-0.3, -0.25) is 5.43 Å². The van der Waals surface area contributed by atoms with Gasteiger partial charge in [0.2, 0.25) is 5.89 Å². The van der Waals surface area contributed by atoms with Crippen molar-refractivity contribution in [3.05, 3.63) is 35.7 Å². The van der Waals surface area contributed by atoms with Crippen molar-refractivity contribution >= 4 is 6.01 Å². The summed E-state index contributed by atoms with van der Waals surface area (Å²) in [7, 11) is 0. The van der Waals surface area contributed by atoms with Crippen LogP contribution in [-0.4, -0.2) is 16.8 Å². The van der Waals surface area contributed by atoms with Crippen LogP contribution in [0.3, 0.4) is 0 Å². The molecular weight excluding hydrogens is 220 g/mol. The molecule has 0 saturated carbocycles. The van der Waals surface area contributed by atoms with Gasteiger partial charge in [-0.1, -0.05) is 22.8 Å². The number of aryl methyl sites for hydroxylation is 1. The van der Waals surface area contributed by atoms with E-state index in [0.717, 1.165) is 5.75 Å². The zero-order valence-electron chi connectivity index (χ0n) is 9.51. The molecule has 1 heterocycles. The van der Waals surface area contributed by atoms with E-state index < -0.39 is 0 Å². The number of nitrogens with zero attached hydrogens (tertiary/aromatic N) is 2. The highest BCUT2D eigenvalue weighted by molar-refractivity contribution is 5.26. The van der Waals surface area contributed by atoms with Gasteiger partial charge >= 0.3 is 6.01 Å². The fourth-order valence-electron chi connectivity index (χ4n) is 1.30. The fraction of sp³-hybridized carbons (Fsp3) is 0.273. The smallest absolute Gasteiger partial charge is 0.330 e. The second kappa shape index (κ2) is 5.31. The minimum atomic E-state index is 0.204. The summed E-state index contributed by atoms with van der Waals surface area (Å²) in [5, 5.41) is 7.46. The predicted octanol–water partition coefficient (Wildman–Crippen LogP) is 1.29. The van der Waals surface area contributed by atoms with Crippen molar-refractivity contribution in [2.24, 2.45) is 5.84 Å². The number of ether oxygens (including phenoxy) is 1. The molecule has 17 heavy (non-hydrogen) atoms. The summed E-state index contributed by atoms with van der Waals surface area (Å²) in [5.74, 6) is 6.44. The van der Waals surface area contributed by atoms with E-state index in [1.54, 1.807) is 0 Å². The molecule has 6 heteroatoms. The summed E-state index contributed by atoms with van der Waals surface area (Å²) in [6, 6.07) is 8.05. The molecule has 0 bridgehead atoms. The maximum atomic E-state index is 5.53. The van der Waals surface area contributed by atoms with E-state index in [9.17, 15) is 0 Å². The average Bonchev–Trinajstić information content (AvgIpc) is 2.80. The Morgan fingerprint density at radius 1 is 1.29 bits per heavy atom. The Morgan fingerprint density at radius 3 is 2.71 bits per heavy atom. The molecule has 0 aliphatic rings. The Kier molecular flexibility index (Phi) is 3.56. The molecule has 1 aromatic carbocycles. The van der Waals surface area contributed by atoms with Gasteiger partial charge in [0.1, 0.15) is 5.75 Å². The average molecular weight is 234 g/mol. The van der Waals surface area contributed by atoms with E-state index in [1.165, 1.54) is 5.56 Å². The molecule has 0 aliphatic heterocycles. The molecule has 6 nitrogen and oxygen atoms in total. The van der Waals surface area contributed by atoms with Crippen LogP contribution in [0, 0.1) is 6.92 Å². The zero-order valence-corrected chi connectivity index (χ0v) is 9.51. The van der Waals surface area contributed by atoms with Crippen LogP contribution in [0.2, 0.25) is 0 Å². The van der Waals surface area contributed by atoms with Crippen molar-refractivity contribution in [2.75, 3.05) is 12.0 Å². The molecule has 0 unspecified atom stereocenters. The normalized spacial score (nSPS) is 10.2. The molecule has 1 aromatic heterocycles. The Hall–Kier alpha value is -2.08. The maximum Gasteiger partial charge on any atom is 0.330 e. The number of anilines is 1. The topological polar surface area (TPSA) is 86.2 Å². The van der Waals surface area contributed by atoms with Crippen molar-refractivity contribution in [3.63, 3.8) is 0 Å². The fourth-order valence-corrected chi connectivity index (χ4v) is 1.30. The Balaban J connectivity index is 1.81. The predicted molar refractivity (Wildman–Crippen MR) is 62.5 cm³/mol. The molecule has 0 atom stereocenters. The number of nitrogens with one attached hydrogen (secondary N) is 1. The third kappa shape index (κ3) is 3.18. The van der Waals surface area contributed by atoms with Crippen LogP contribution < -0.4 is 16.0 Å². The number of rotatable bonds is 5. The lowest BCUT2D eigenvalue weighted by molar-refractivity contribution is 0.307. The lowest BCUT2D eigenvalue weighted by Gasteiger charge is -2.04. The molecule has 0 radical (unpaired) electrons. The largest absolute Gasteiger partial charge is 0.493 e. The van der Waals surface area contributed by atoms with E-state index in [2.05, 4.69) is 15.6 Å². The molecule has 2 rings (SSSR count). The second-order valence-electron chi connectivity index (χ2n) is 3.56. The molecule has 90 valence electrons. The van der Waals surface area contributed by atoms with Crippen LogP contribution in [0.5, 0.6) is 5.75 Å². The molecule has 2 aromatic rings. The minimum Gasteiger partial charge on any atom is -0.493 e. The Morgan fingerprint density at radius 2 is 2.06 bits per heavy atom. The Labute approximate surface area is 98.8 Å². The van der Waals surface area contributed by atoms with Crippen molar-refractivity contribution in [2.45, 2.75) is 13.3 Å². The third-order valence-corrected chi connectivity index (χ3v) is 2.20. The monoisotopic (exact) mass is 234 g/mol. The molecule has 0 fully saturated rings. The molecule has 0 aliphatic carbocycles. The van der Waals surface area contributed by atoms with Gasteiger partial charge in [-0.15, -0.1) is 5.10 Å². The van der Waals surface area contributed by atoms with Crippen LogP contribution >= 0.6 is 0 Å². The van der Waals surface area contributed by atoms with Crippen LogP contribution in [-0.2, 0) is 6.42 Å². The summed E-state index contributed by atoms with van der Waals surface area (Å²) in [4.78, 5) is 0. The van der Waals surface area contributed by atoms with Gasteiger partial charge in [0.25, 0.3) is 0 Å². The lowest BCUT2D eigenvalue weighted by Crippen LogP contribution is -2.06. The van der Waals surface area contributed by atoms with Crippen LogP contribution in [0.15, 0.2) is 28.7 Å². The van der Waals surface area contributed by atoms with Gasteiger partial charge in [-0.2, -0.15) is 0 Å². The zero-order chi connectivity index (χ0) is 12.1. The second-order valence-corrected chi connectivity index (χ2v) is 3.56. The minimum absolute atomic E-state index is 0.204. The maximum absolute atomic E-state index is 5.53. The van der Waals surface area contributed by atoms with Gasteiger partial charge in [0, 0.05) is 0 Å².